The number of nitrogens with two attached hydrogens (primary N) is 1. The Bertz CT molecular complexity index is 728. The van der Waals surface area contributed by atoms with Crippen molar-refractivity contribution in [3.63, 3.8) is 0 Å². The summed E-state index contributed by atoms with van der Waals surface area (Å²) >= 11 is 0. The molecule has 0 amide bonds. The number of aliphatic imine (C=N–C) groups is 1. The van der Waals surface area contributed by atoms with Crippen LogP contribution in [0, 0.1) is 6.92 Å². The predicted octanol–water partition coefficient (Wildman–Crippen LogP) is 2.25. The summed E-state index contributed by atoms with van der Waals surface area (Å²) in [5, 5.41) is 16.9. The summed E-state index contributed by atoms with van der Waals surface area (Å²) in [4.78, 5) is 4.70. The Morgan fingerprint density at radius 1 is 1.35 bits per heavy atom. The van der Waals surface area contributed by atoms with E-state index in [4.69, 9.17) is 10.8 Å². The van der Waals surface area contributed by atoms with Crippen molar-refractivity contribution in [2.24, 2.45) is 21.2 Å². The van der Waals surface area contributed by atoms with Gasteiger partial charge in [0.15, 0.2) is 6.29 Å². The Kier molecular flexibility index (Phi) is 4.37. The van der Waals surface area contributed by atoms with E-state index in [1.54, 1.807) is 0 Å². The number of aryl methyl sites for hydroxylation is 1. The van der Waals surface area contributed by atoms with E-state index in [9.17, 15) is 0 Å². The molecule has 118 valence electrons. The third-order valence-electron chi connectivity index (χ3n) is 3.58. The second kappa shape index (κ2) is 6.78. The van der Waals surface area contributed by atoms with Gasteiger partial charge in [0.05, 0.1) is 11.4 Å². The van der Waals surface area contributed by atoms with E-state index < -0.39 is 0 Å². The quantitative estimate of drug-likeness (QED) is 0.389. The summed E-state index contributed by atoms with van der Waals surface area (Å²) in [7, 11) is 0. The topological polar surface area (TPSA) is 99.2 Å². The number of dihydropyridines is 1. The molecule has 2 aliphatic rings. The third-order valence-corrected chi connectivity index (χ3v) is 3.58. The van der Waals surface area contributed by atoms with E-state index >= 15 is 0 Å². The fourth-order valence-electron chi connectivity index (χ4n) is 2.38. The van der Waals surface area contributed by atoms with Gasteiger partial charge in [-0.3, -0.25) is 0 Å². The van der Waals surface area contributed by atoms with Crippen molar-refractivity contribution in [2.45, 2.75) is 13.2 Å². The molecule has 0 saturated carbocycles. The van der Waals surface area contributed by atoms with Crippen molar-refractivity contribution in [1.29, 1.82) is 0 Å². The molecule has 2 heterocycles. The van der Waals surface area contributed by atoms with Crippen LogP contribution in [0.3, 0.4) is 0 Å². The first-order chi connectivity index (χ1) is 11.3. The van der Waals surface area contributed by atoms with Crippen molar-refractivity contribution in [3.05, 3.63) is 60.0 Å². The molecule has 1 aromatic carbocycles. The van der Waals surface area contributed by atoms with E-state index in [2.05, 4.69) is 32.4 Å². The van der Waals surface area contributed by atoms with Gasteiger partial charge in [0.1, 0.15) is 0 Å². The molecule has 7 nitrogen and oxygen atoms in total. The van der Waals surface area contributed by atoms with E-state index in [1.807, 2.05) is 49.7 Å². The molecule has 0 aromatic heterocycles. The minimum atomic E-state index is -0.245. The number of hydrogen-bond donors (Lipinski definition) is 4. The predicted molar refractivity (Wildman–Crippen MR) is 92.2 cm³/mol. The normalized spacial score (nSPS) is 19.8. The van der Waals surface area contributed by atoms with Crippen molar-refractivity contribution in [3.8, 4) is 0 Å². The zero-order valence-electron chi connectivity index (χ0n) is 12.8. The lowest BCUT2D eigenvalue weighted by molar-refractivity contribution is 0.679. The zero-order valence-corrected chi connectivity index (χ0v) is 12.8. The lowest BCUT2D eigenvalue weighted by atomic mass is 10.1. The highest BCUT2D eigenvalue weighted by Gasteiger charge is 2.14. The molecular weight excluding hydrogens is 290 g/mol. The molecule has 23 heavy (non-hydrogen) atoms. The van der Waals surface area contributed by atoms with Crippen LogP contribution in [0.25, 0.3) is 0 Å². The van der Waals surface area contributed by atoms with Gasteiger partial charge in [0, 0.05) is 18.4 Å². The van der Waals surface area contributed by atoms with Crippen molar-refractivity contribution >= 4 is 17.1 Å². The number of hydrogen-bond acceptors (Lipinski definition) is 6. The number of rotatable bonds is 4. The van der Waals surface area contributed by atoms with E-state index in [0.29, 0.717) is 5.69 Å². The summed E-state index contributed by atoms with van der Waals surface area (Å²) in [5.41, 5.74) is 4.82. The van der Waals surface area contributed by atoms with E-state index in [-0.39, 0.29) is 6.29 Å². The smallest absolute Gasteiger partial charge is 0.194 e. The maximum absolute atomic E-state index is 5.11. The standard InChI is InChI=1S/C16H19N7/c1-11-4-5-13(22-23-17)9-15(11)21-16-19-8-6-14(20-16)12-3-2-7-18-10-12/h2-9,16,18-19,21H,10H2,1H3,(H2,17,22). The average molecular weight is 309 g/mol. The molecule has 0 bridgehead atoms. The highest BCUT2D eigenvalue weighted by molar-refractivity contribution is 6.09. The summed E-state index contributed by atoms with van der Waals surface area (Å²) < 4.78 is 0. The number of nitrogens with zero attached hydrogens (tertiary/aromatic N) is 3. The van der Waals surface area contributed by atoms with Crippen LogP contribution in [0.1, 0.15) is 5.56 Å². The first-order valence-corrected chi connectivity index (χ1v) is 7.34. The molecule has 5 N–H and O–H groups in total. The van der Waals surface area contributed by atoms with Crippen LogP contribution < -0.4 is 21.8 Å². The van der Waals surface area contributed by atoms with Gasteiger partial charge in [0.2, 0.25) is 0 Å². The van der Waals surface area contributed by atoms with Crippen molar-refractivity contribution in [2.75, 3.05) is 11.9 Å². The summed E-state index contributed by atoms with van der Waals surface area (Å²) in [5.74, 6) is 5.11. The van der Waals surface area contributed by atoms with Crippen LogP contribution in [0.4, 0.5) is 11.4 Å². The van der Waals surface area contributed by atoms with Gasteiger partial charge in [-0.15, -0.1) is 5.11 Å². The lowest BCUT2D eigenvalue weighted by Crippen LogP contribution is -2.35. The molecule has 1 atom stereocenters. The summed E-state index contributed by atoms with van der Waals surface area (Å²) in [6.07, 6.45) is 9.59. The largest absolute Gasteiger partial charge is 0.387 e. The molecular formula is C16H19N7. The fraction of sp³-hybridized carbons (Fsp3) is 0.188. The monoisotopic (exact) mass is 309 g/mol. The van der Waals surface area contributed by atoms with Crippen LogP contribution in [0.5, 0.6) is 0 Å². The minimum absolute atomic E-state index is 0.245. The molecule has 3 rings (SSSR count). The Morgan fingerprint density at radius 3 is 3.04 bits per heavy atom. The van der Waals surface area contributed by atoms with Gasteiger partial charge < -0.3 is 21.8 Å². The molecule has 0 saturated heterocycles. The molecule has 1 aromatic rings. The Balaban J connectivity index is 1.79. The minimum Gasteiger partial charge on any atom is -0.387 e. The molecule has 0 aliphatic carbocycles. The first-order valence-electron chi connectivity index (χ1n) is 7.34. The van der Waals surface area contributed by atoms with Crippen molar-refractivity contribution < 1.29 is 0 Å². The third kappa shape index (κ3) is 3.57. The lowest BCUT2D eigenvalue weighted by Gasteiger charge is -2.23. The second-order valence-electron chi connectivity index (χ2n) is 5.21. The van der Waals surface area contributed by atoms with Crippen LogP contribution in [0.15, 0.2) is 69.7 Å². The van der Waals surface area contributed by atoms with Crippen LogP contribution in [-0.2, 0) is 0 Å². The van der Waals surface area contributed by atoms with E-state index in [1.165, 1.54) is 0 Å². The zero-order chi connectivity index (χ0) is 16.1. The van der Waals surface area contributed by atoms with Gasteiger partial charge in [0.25, 0.3) is 0 Å². The van der Waals surface area contributed by atoms with Gasteiger partial charge in [-0.2, -0.15) is 0 Å². The highest BCUT2D eigenvalue weighted by atomic mass is 15.3. The Labute approximate surface area is 134 Å². The van der Waals surface area contributed by atoms with Crippen molar-refractivity contribution in [1.82, 2.24) is 10.6 Å². The Morgan fingerprint density at radius 2 is 2.26 bits per heavy atom. The number of nitrogens with one attached hydrogen (secondary N) is 3. The van der Waals surface area contributed by atoms with Crippen LogP contribution >= 0.6 is 0 Å². The van der Waals surface area contributed by atoms with E-state index in [0.717, 1.165) is 29.1 Å². The molecule has 0 spiro atoms. The molecule has 0 radical (unpaired) electrons. The van der Waals surface area contributed by atoms with Crippen LogP contribution in [-0.4, -0.2) is 18.5 Å². The number of anilines is 1. The van der Waals surface area contributed by atoms with Gasteiger partial charge in [-0.05, 0) is 48.5 Å². The average Bonchev–Trinajstić information content (AvgIpc) is 2.59. The molecule has 0 fully saturated rings. The van der Waals surface area contributed by atoms with Gasteiger partial charge in [-0.25, -0.2) is 4.99 Å². The summed E-state index contributed by atoms with van der Waals surface area (Å²) in [6, 6.07) is 5.73. The summed E-state index contributed by atoms with van der Waals surface area (Å²) in [6.45, 7) is 2.80. The molecule has 2 aliphatic heterocycles. The Hall–Kier alpha value is -3.09. The SMILES string of the molecule is Cc1ccc(N=NN)cc1NC1N=C(C2=CC=CNC2)C=CN1. The number of benzene rings is 1. The highest BCUT2D eigenvalue weighted by Crippen LogP contribution is 2.23. The van der Waals surface area contributed by atoms with Gasteiger partial charge >= 0.3 is 0 Å². The maximum Gasteiger partial charge on any atom is 0.194 e. The fourth-order valence-corrected chi connectivity index (χ4v) is 2.38. The number of allylic oxidation sites excluding steroid dienone is 3. The van der Waals surface area contributed by atoms with Crippen LogP contribution in [0.2, 0.25) is 0 Å². The maximum atomic E-state index is 5.11. The first kappa shape index (κ1) is 14.8. The molecule has 7 heteroatoms. The van der Waals surface area contributed by atoms with Gasteiger partial charge in [-0.1, -0.05) is 17.4 Å². The molecule has 1 unspecified atom stereocenters. The second-order valence-corrected chi connectivity index (χ2v) is 5.21.